The van der Waals surface area contributed by atoms with Gasteiger partial charge in [-0.1, -0.05) is 6.07 Å². The molecule has 3 heterocycles. The maximum atomic E-state index is 12.8. The Bertz CT molecular complexity index is 1100. The first kappa shape index (κ1) is 23.8. The lowest BCUT2D eigenvalue weighted by atomic mass is 10.2. The number of aryl methyl sites for hydroxylation is 1. The van der Waals surface area contributed by atoms with E-state index in [4.69, 9.17) is 0 Å². The standard InChI is InChI=1S/C22H29N5O4S2/c1-17-16-32-21(23-17)14-22(29)26-11-9-25(10-12-26)15-20(28)24-18-5-4-6-19(13-18)33(30,31)27-7-2-3-8-27/h4-6,13,16H,2-3,7-12,14-15H2,1H3,(H,24,28). The van der Waals surface area contributed by atoms with E-state index in [0.717, 1.165) is 23.5 Å². The van der Waals surface area contributed by atoms with Crippen molar-refractivity contribution < 1.29 is 18.0 Å². The van der Waals surface area contributed by atoms with E-state index in [1.165, 1.54) is 21.7 Å². The van der Waals surface area contributed by atoms with E-state index < -0.39 is 10.0 Å². The highest BCUT2D eigenvalue weighted by atomic mass is 32.2. The summed E-state index contributed by atoms with van der Waals surface area (Å²) < 4.78 is 27.0. The van der Waals surface area contributed by atoms with Crippen molar-refractivity contribution in [3.8, 4) is 0 Å². The van der Waals surface area contributed by atoms with E-state index in [1.807, 2.05) is 22.1 Å². The van der Waals surface area contributed by atoms with Gasteiger partial charge in [0, 0.05) is 56.0 Å². The molecule has 0 spiro atoms. The zero-order chi connectivity index (χ0) is 23.4. The van der Waals surface area contributed by atoms with Crippen molar-refractivity contribution in [2.75, 3.05) is 51.1 Å². The zero-order valence-corrected chi connectivity index (χ0v) is 20.3. The lowest BCUT2D eigenvalue weighted by Crippen LogP contribution is -2.50. The Balaban J connectivity index is 1.26. The van der Waals surface area contributed by atoms with Crippen molar-refractivity contribution in [1.82, 2.24) is 19.1 Å². The lowest BCUT2D eigenvalue weighted by Gasteiger charge is -2.34. The molecule has 11 heteroatoms. The summed E-state index contributed by atoms with van der Waals surface area (Å²) in [5.74, 6) is -0.145. The molecule has 0 unspecified atom stereocenters. The van der Waals surface area contributed by atoms with Crippen molar-refractivity contribution in [2.45, 2.75) is 31.1 Å². The van der Waals surface area contributed by atoms with Crippen LogP contribution in [0.1, 0.15) is 23.5 Å². The molecule has 2 fully saturated rings. The summed E-state index contributed by atoms with van der Waals surface area (Å²) in [5, 5.41) is 5.58. The van der Waals surface area contributed by atoms with Crippen molar-refractivity contribution in [1.29, 1.82) is 0 Å². The average Bonchev–Trinajstić information content (AvgIpc) is 3.47. The third-order valence-electron chi connectivity index (χ3n) is 5.88. The lowest BCUT2D eigenvalue weighted by molar-refractivity contribution is -0.132. The van der Waals surface area contributed by atoms with E-state index in [-0.39, 0.29) is 23.3 Å². The Morgan fingerprint density at radius 1 is 1.09 bits per heavy atom. The number of carbonyl (C=O) groups is 2. The van der Waals surface area contributed by atoms with Crippen molar-refractivity contribution in [2.24, 2.45) is 0 Å². The monoisotopic (exact) mass is 491 g/mol. The van der Waals surface area contributed by atoms with Crippen LogP contribution in [0, 0.1) is 6.92 Å². The molecule has 0 aliphatic carbocycles. The highest BCUT2D eigenvalue weighted by Crippen LogP contribution is 2.23. The molecule has 0 atom stereocenters. The minimum absolute atomic E-state index is 0.0597. The number of benzene rings is 1. The van der Waals surface area contributed by atoms with Gasteiger partial charge in [0.25, 0.3) is 0 Å². The number of anilines is 1. The summed E-state index contributed by atoms with van der Waals surface area (Å²) in [6.45, 7) is 5.54. The summed E-state index contributed by atoms with van der Waals surface area (Å²) in [5.41, 5.74) is 1.39. The molecule has 0 bridgehead atoms. The number of nitrogens with zero attached hydrogens (tertiary/aromatic N) is 4. The summed E-state index contributed by atoms with van der Waals surface area (Å²) in [6.07, 6.45) is 2.06. The molecule has 1 aromatic heterocycles. The molecule has 2 aliphatic heterocycles. The van der Waals surface area contributed by atoms with Crippen LogP contribution in [-0.2, 0) is 26.0 Å². The SMILES string of the molecule is Cc1csc(CC(=O)N2CCN(CC(=O)Nc3cccc(S(=O)(=O)N4CCCC4)c3)CC2)n1. The Labute approximate surface area is 198 Å². The molecule has 33 heavy (non-hydrogen) atoms. The highest BCUT2D eigenvalue weighted by Gasteiger charge is 2.27. The number of aromatic nitrogens is 1. The topological polar surface area (TPSA) is 103 Å². The van der Waals surface area contributed by atoms with Crippen LogP contribution in [0.3, 0.4) is 0 Å². The molecule has 4 rings (SSSR count). The molecule has 0 saturated carbocycles. The van der Waals surface area contributed by atoms with Gasteiger partial charge < -0.3 is 10.2 Å². The third kappa shape index (κ3) is 5.97. The predicted molar refractivity (Wildman–Crippen MR) is 127 cm³/mol. The minimum atomic E-state index is -3.53. The minimum Gasteiger partial charge on any atom is -0.340 e. The van der Waals surface area contributed by atoms with Gasteiger partial charge in [-0.3, -0.25) is 14.5 Å². The Kier molecular flexibility index (Phi) is 7.42. The number of carbonyl (C=O) groups excluding carboxylic acids is 2. The van der Waals surface area contributed by atoms with Gasteiger partial charge in [-0.05, 0) is 38.0 Å². The van der Waals surface area contributed by atoms with E-state index in [0.29, 0.717) is 51.4 Å². The first-order chi connectivity index (χ1) is 15.8. The highest BCUT2D eigenvalue weighted by molar-refractivity contribution is 7.89. The van der Waals surface area contributed by atoms with Crippen LogP contribution < -0.4 is 5.32 Å². The maximum absolute atomic E-state index is 12.8. The quantitative estimate of drug-likeness (QED) is 0.631. The second-order valence-corrected chi connectivity index (χ2v) is 11.3. The molecule has 2 aromatic rings. The zero-order valence-electron chi connectivity index (χ0n) is 18.7. The van der Waals surface area contributed by atoms with Crippen molar-refractivity contribution in [3.63, 3.8) is 0 Å². The van der Waals surface area contributed by atoms with Crippen LogP contribution in [-0.4, -0.2) is 85.1 Å². The number of nitrogens with one attached hydrogen (secondary N) is 1. The predicted octanol–water partition coefficient (Wildman–Crippen LogP) is 1.56. The number of rotatable bonds is 7. The van der Waals surface area contributed by atoms with Gasteiger partial charge in [0.05, 0.1) is 17.9 Å². The molecule has 178 valence electrons. The van der Waals surface area contributed by atoms with E-state index in [9.17, 15) is 18.0 Å². The van der Waals surface area contributed by atoms with Gasteiger partial charge in [0.2, 0.25) is 21.8 Å². The second-order valence-electron chi connectivity index (χ2n) is 8.40. The Hall–Kier alpha value is -2.34. The molecule has 1 N–H and O–H groups in total. The molecule has 2 aliphatic rings. The summed E-state index contributed by atoms with van der Waals surface area (Å²) in [4.78, 5) is 33.4. The normalized spacial score (nSPS) is 17.9. The fourth-order valence-corrected chi connectivity index (χ4v) is 6.42. The number of hydrogen-bond donors (Lipinski definition) is 1. The van der Waals surface area contributed by atoms with Gasteiger partial charge in [0.1, 0.15) is 5.01 Å². The van der Waals surface area contributed by atoms with Gasteiger partial charge in [-0.2, -0.15) is 4.31 Å². The van der Waals surface area contributed by atoms with Gasteiger partial charge in [-0.25, -0.2) is 13.4 Å². The molecule has 0 radical (unpaired) electrons. The van der Waals surface area contributed by atoms with E-state index in [1.54, 1.807) is 18.2 Å². The molecular weight excluding hydrogens is 462 g/mol. The fourth-order valence-electron chi connectivity index (χ4n) is 4.10. The van der Waals surface area contributed by atoms with Crippen molar-refractivity contribution >= 4 is 38.9 Å². The van der Waals surface area contributed by atoms with Crippen LogP contribution in [0.15, 0.2) is 34.5 Å². The van der Waals surface area contributed by atoms with Crippen LogP contribution in [0.4, 0.5) is 5.69 Å². The van der Waals surface area contributed by atoms with E-state index >= 15 is 0 Å². The Morgan fingerprint density at radius 3 is 2.48 bits per heavy atom. The molecule has 2 amide bonds. The van der Waals surface area contributed by atoms with Crippen LogP contribution in [0.2, 0.25) is 0 Å². The van der Waals surface area contributed by atoms with Crippen LogP contribution in [0.5, 0.6) is 0 Å². The number of sulfonamides is 1. The summed E-state index contributed by atoms with van der Waals surface area (Å²) in [6, 6.07) is 6.42. The fraction of sp³-hybridized carbons (Fsp3) is 0.500. The maximum Gasteiger partial charge on any atom is 0.243 e. The smallest absolute Gasteiger partial charge is 0.243 e. The van der Waals surface area contributed by atoms with Crippen LogP contribution in [0.25, 0.3) is 0 Å². The number of hydrogen-bond acceptors (Lipinski definition) is 7. The number of piperazine rings is 1. The first-order valence-electron chi connectivity index (χ1n) is 11.1. The summed E-state index contributed by atoms with van der Waals surface area (Å²) >= 11 is 1.50. The van der Waals surface area contributed by atoms with Gasteiger partial charge >= 0.3 is 0 Å². The van der Waals surface area contributed by atoms with Gasteiger partial charge in [-0.15, -0.1) is 11.3 Å². The Morgan fingerprint density at radius 2 is 1.82 bits per heavy atom. The summed E-state index contributed by atoms with van der Waals surface area (Å²) in [7, 11) is -3.53. The largest absolute Gasteiger partial charge is 0.340 e. The van der Waals surface area contributed by atoms with Crippen molar-refractivity contribution in [3.05, 3.63) is 40.3 Å². The third-order valence-corrected chi connectivity index (χ3v) is 8.74. The van der Waals surface area contributed by atoms with Gasteiger partial charge in [0.15, 0.2) is 0 Å². The molecule has 9 nitrogen and oxygen atoms in total. The first-order valence-corrected chi connectivity index (χ1v) is 13.4. The second kappa shape index (κ2) is 10.3. The van der Waals surface area contributed by atoms with Crippen LogP contribution >= 0.6 is 11.3 Å². The van der Waals surface area contributed by atoms with E-state index in [2.05, 4.69) is 10.3 Å². The number of amides is 2. The average molecular weight is 492 g/mol. The molecule has 2 saturated heterocycles. The molecular formula is C22H29N5O4S2. The number of thiazole rings is 1. The molecule has 1 aromatic carbocycles.